The Morgan fingerprint density at radius 1 is 1.27 bits per heavy atom. The van der Waals surface area contributed by atoms with Crippen LogP contribution in [0.25, 0.3) is 0 Å². The Kier molecular flexibility index (Phi) is 9.24. The molecule has 0 heterocycles. The quantitative estimate of drug-likeness (QED) is 0.439. The number of hydrogen-bond acceptors (Lipinski definition) is 1. The van der Waals surface area contributed by atoms with Gasteiger partial charge in [-0.25, -0.2) is 0 Å². The van der Waals surface area contributed by atoms with Crippen molar-refractivity contribution < 1.29 is 0 Å². The fourth-order valence-electron chi connectivity index (χ4n) is 0.862. The lowest BCUT2D eigenvalue weighted by atomic mass is 10.1. The first-order valence-corrected chi connectivity index (χ1v) is 6.13. The fraction of sp³-hybridized carbons (Fsp3) is 1.00. The molecule has 0 bridgehead atoms. The minimum absolute atomic E-state index is 0.817. The topological polar surface area (TPSA) is 0 Å². The Morgan fingerprint density at radius 2 is 2.00 bits per heavy atom. The largest absolute Gasteiger partial charge is 0.162 e. The number of halogens is 1. The Hall–Kier alpha value is 0.640. The number of hydrogen-bond donors (Lipinski definition) is 0. The van der Waals surface area contributed by atoms with E-state index in [1.54, 1.807) is 0 Å². The first kappa shape index (κ1) is 11.6. The minimum atomic E-state index is 0.817. The van der Waals surface area contributed by atoms with E-state index in [1.165, 1.54) is 30.8 Å². The smallest absolute Gasteiger partial charge is 0.0225 e. The van der Waals surface area contributed by atoms with Gasteiger partial charge in [-0.1, -0.05) is 13.8 Å². The summed E-state index contributed by atoms with van der Waals surface area (Å²) in [5.41, 5.74) is 0. The van der Waals surface area contributed by atoms with Crippen LogP contribution in [0.5, 0.6) is 0 Å². The summed E-state index contributed by atoms with van der Waals surface area (Å²) in [5, 5.41) is 0. The lowest BCUT2D eigenvalue weighted by molar-refractivity contribution is 0.552. The van der Waals surface area contributed by atoms with Gasteiger partial charge in [-0.05, 0) is 36.7 Å². The van der Waals surface area contributed by atoms with Crippen LogP contribution in [0.4, 0.5) is 0 Å². The Labute approximate surface area is 80.1 Å². The molecule has 11 heavy (non-hydrogen) atoms. The lowest BCUT2D eigenvalue weighted by Gasteiger charge is -2.07. The van der Waals surface area contributed by atoms with Gasteiger partial charge in [0.05, 0.1) is 0 Å². The Balaban J connectivity index is 2.97. The van der Waals surface area contributed by atoms with Gasteiger partial charge >= 0.3 is 0 Å². The molecule has 1 atom stereocenters. The summed E-state index contributed by atoms with van der Waals surface area (Å²) in [4.78, 5) is 0. The van der Waals surface area contributed by atoms with Crippen molar-refractivity contribution in [1.29, 1.82) is 0 Å². The maximum absolute atomic E-state index is 5.63. The Bertz CT molecular complexity index is 76.0. The van der Waals surface area contributed by atoms with E-state index in [0.29, 0.717) is 0 Å². The van der Waals surface area contributed by atoms with Crippen molar-refractivity contribution >= 4 is 23.4 Å². The lowest BCUT2D eigenvalue weighted by Crippen LogP contribution is -1.97. The SMILES string of the molecule is CCCSCCC(C)CCCl. The summed E-state index contributed by atoms with van der Waals surface area (Å²) < 4.78 is 0. The highest BCUT2D eigenvalue weighted by Gasteiger charge is 1.99. The van der Waals surface area contributed by atoms with Crippen LogP contribution < -0.4 is 0 Å². The average Bonchev–Trinajstić information content (AvgIpc) is 1.99. The third kappa shape index (κ3) is 8.55. The van der Waals surface area contributed by atoms with E-state index in [9.17, 15) is 0 Å². The maximum Gasteiger partial charge on any atom is 0.0225 e. The van der Waals surface area contributed by atoms with Crippen LogP contribution in [0.3, 0.4) is 0 Å². The van der Waals surface area contributed by atoms with E-state index < -0.39 is 0 Å². The molecule has 68 valence electrons. The van der Waals surface area contributed by atoms with Crippen LogP contribution in [0.1, 0.15) is 33.1 Å². The Morgan fingerprint density at radius 3 is 2.55 bits per heavy atom. The number of thioether (sulfide) groups is 1. The van der Waals surface area contributed by atoms with Crippen molar-refractivity contribution in [3.8, 4) is 0 Å². The third-order valence-corrected chi connectivity index (χ3v) is 3.14. The maximum atomic E-state index is 5.63. The van der Waals surface area contributed by atoms with E-state index >= 15 is 0 Å². The van der Waals surface area contributed by atoms with Crippen LogP contribution in [0.15, 0.2) is 0 Å². The average molecular weight is 195 g/mol. The predicted molar refractivity (Wildman–Crippen MR) is 56.7 cm³/mol. The molecular weight excluding hydrogens is 176 g/mol. The van der Waals surface area contributed by atoms with Gasteiger partial charge in [0.1, 0.15) is 0 Å². The molecule has 0 aliphatic heterocycles. The van der Waals surface area contributed by atoms with E-state index in [1.807, 2.05) is 0 Å². The van der Waals surface area contributed by atoms with E-state index in [0.717, 1.165) is 11.8 Å². The van der Waals surface area contributed by atoms with Crippen molar-refractivity contribution in [2.24, 2.45) is 5.92 Å². The van der Waals surface area contributed by atoms with Gasteiger partial charge in [-0.3, -0.25) is 0 Å². The molecule has 0 aromatic rings. The zero-order valence-electron chi connectivity index (χ0n) is 7.61. The first-order valence-electron chi connectivity index (χ1n) is 4.45. The second kappa shape index (κ2) is 8.73. The molecule has 2 heteroatoms. The molecule has 0 radical (unpaired) electrons. The molecule has 0 amide bonds. The third-order valence-electron chi connectivity index (χ3n) is 1.71. The van der Waals surface area contributed by atoms with Gasteiger partial charge in [0, 0.05) is 5.88 Å². The van der Waals surface area contributed by atoms with Gasteiger partial charge in [0.2, 0.25) is 0 Å². The van der Waals surface area contributed by atoms with E-state index in [-0.39, 0.29) is 0 Å². The van der Waals surface area contributed by atoms with Crippen LogP contribution >= 0.6 is 23.4 Å². The summed E-state index contributed by atoms with van der Waals surface area (Å²) in [6.45, 7) is 4.52. The molecule has 0 nitrogen and oxygen atoms in total. The second-order valence-electron chi connectivity index (χ2n) is 2.98. The monoisotopic (exact) mass is 194 g/mol. The van der Waals surface area contributed by atoms with Gasteiger partial charge in [-0.2, -0.15) is 11.8 Å². The zero-order valence-corrected chi connectivity index (χ0v) is 9.18. The molecule has 0 fully saturated rings. The van der Waals surface area contributed by atoms with Crippen LogP contribution in [0.2, 0.25) is 0 Å². The van der Waals surface area contributed by atoms with Gasteiger partial charge in [-0.15, -0.1) is 11.6 Å². The zero-order chi connectivity index (χ0) is 8.53. The molecule has 0 aliphatic carbocycles. The molecule has 0 rings (SSSR count). The first-order chi connectivity index (χ1) is 5.31. The molecule has 0 aromatic carbocycles. The molecular formula is C9H19ClS. The molecule has 0 aliphatic rings. The predicted octanol–water partition coefficient (Wildman–Crippen LogP) is 3.78. The van der Waals surface area contributed by atoms with Gasteiger partial charge < -0.3 is 0 Å². The highest BCUT2D eigenvalue weighted by molar-refractivity contribution is 7.99. The minimum Gasteiger partial charge on any atom is -0.162 e. The van der Waals surface area contributed by atoms with Crippen LogP contribution in [-0.2, 0) is 0 Å². The summed E-state index contributed by atoms with van der Waals surface area (Å²) in [7, 11) is 0. The van der Waals surface area contributed by atoms with Crippen molar-refractivity contribution in [3.63, 3.8) is 0 Å². The number of rotatable bonds is 7. The van der Waals surface area contributed by atoms with Crippen molar-refractivity contribution in [2.75, 3.05) is 17.4 Å². The molecule has 0 saturated carbocycles. The molecule has 0 saturated heterocycles. The van der Waals surface area contributed by atoms with Crippen molar-refractivity contribution in [1.82, 2.24) is 0 Å². The van der Waals surface area contributed by atoms with Crippen molar-refractivity contribution in [2.45, 2.75) is 33.1 Å². The van der Waals surface area contributed by atoms with Gasteiger partial charge in [0.15, 0.2) is 0 Å². The van der Waals surface area contributed by atoms with Crippen LogP contribution in [-0.4, -0.2) is 17.4 Å². The highest BCUT2D eigenvalue weighted by Crippen LogP contribution is 2.13. The fourth-order valence-corrected chi connectivity index (χ4v) is 2.30. The normalized spacial score (nSPS) is 13.4. The summed E-state index contributed by atoms with van der Waals surface area (Å²) in [5.74, 6) is 4.26. The van der Waals surface area contributed by atoms with Gasteiger partial charge in [0.25, 0.3) is 0 Å². The summed E-state index contributed by atoms with van der Waals surface area (Å²) in [6, 6.07) is 0. The number of alkyl halides is 1. The van der Waals surface area contributed by atoms with Crippen molar-refractivity contribution in [3.05, 3.63) is 0 Å². The molecule has 1 unspecified atom stereocenters. The van der Waals surface area contributed by atoms with E-state index in [2.05, 4.69) is 25.6 Å². The summed E-state index contributed by atoms with van der Waals surface area (Å²) >= 11 is 7.69. The molecule has 0 spiro atoms. The van der Waals surface area contributed by atoms with E-state index in [4.69, 9.17) is 11.6 Å². The molecule has 0 N–H and O–H groups in total. The second-order valence-corrected chi connectivity index (χ2v) is 4.59. The molecule has 0 aromatic heterocycles. The standard InChI is InChI=1S/C9H19ClS/c1-3-7-11-8-5-9(2)4-6-10/h9H,3-8H2,1-2H3. The summed E-state index contributed by atoms with van der Waals surface area (Å²) in [6.07, 6.45) is 3.81. The highest BCUT2D eigenvalue weighted by atomic mass is 35.5. The van der Waals surface area contributed by atoms with Crippen LogP contribution in [0, 0.1) is 5.92 Å².